The standard InChI is InChI=1S/C31H40N6O/c1-20-9-11-30(2)23(13-20)7-8-24-25-5-4-6-27(31(25,3)12-10-26(24)30)28(38)29(36-18-21(14-32)16-34-36)37-19-22(15-33)17-35-37/h16-20,23-27,29H,4-13H2,1-3H3/t20-,23?,24-,25?,26?,27+,30-,31-/m0/s1. The summed E-state index contributed by atoms with van der Waals surface area (Å²) in [5.41, 5.74) is 1.24. The lowest BCUT2D eigenvalue weighted by Gasteiger charge is -2.64. The summed E-state index contributed by atoms with van der Waals surface area (Å²) in [7, 11) is 0. The number of nitrogens with zero attached hydrogens (tertiary/aromatic N) is 6. The van der Waals surface area contributed by atoms with Crippen LogP contribution >= 0.6 is 0 Å². The first kappa shape index (κ1) is 25.4. The van der Waals surface area contributed by atoms with Crippen molar-refractivity contribution in [3.05, 3.63) is 35.9 Å². The van der Waals surface area contributed by atoms with Gasteiger partial charge in [0.1, 0.15) is 12.1 Å². The van der Waals surface area contributed by atoms with E-state index in [1.54, 1.807) is 21.8 Å². The average molecular weight is 513 g/mol. The quantitative estimate of drug-likeness (QED) is 0.491. The number of nitriles is 2. The van der Waals surface area contributed by atoms with Gasteiger partial charge in [-0.1, -0.05) is 33.6 Å². The first-order chi connectivity index (χ1) is 18.3. The van der Waals surface area contributed by atoms with Crippen LogP contribution in [-0.4, -0.2) is 25.3 Å². The number of Topliss-reactive ketones (excluding diaryl/α,β-unsaturated/α-hetero) is 1. The van der Waals surface area contributed by atoms with E-state index in [0.717, 1.165) is 37.0 Å². The number of carbonyl (C=O) groups is 1. The molecule has 0 amide bonds. The Balaban J connectivity index is 1.32. The minimum absolute atomic E-state index is 0.0453. The van der Waals surface area contributed by atoms with E-state index in [0.29, 0.717) is 28.4 Å². The number of carbonyl (C=O) groups excluding carboxylic acids is 1. The van der Waals surface area contributed by atoms with Crippen LogP contribution in [0, 0.1) is 69.0 Å². The van der Waals surface area contributed by atoms with Gasteiger partial charge < -0.3 is 0 Å². The molecule has 0 saturated heterocycles. The third-order valence-corrected chi connectivity index (χ3v) is 11.7. The summed E-state index contributed by atoms with van der Waals surface area (Å²) in [5.74, 6) is 3.81. The molecular weight excluding hydrogens is 472 g/mol. The topological polar surface area (TPSA) is 100 Å². The molecule has 0 bridgehead atoms. The molecule has 4 fully saturated rings. The number of rotatable bonds is 4. The number of hydrogen-bond acceptors (Lipinski definition) is 5. The number of ketones is 1. The fourth-order valence-electron chi connectivity index (χ4n) is 9.76. The van der Waals surface area contributed by atoms with Gasteiger partial charge in [-0.2, -0.15) is 20.7 Å². The van der Waals surface area contributed by atoms with E-state index < -0.39 is 6.17 Å². The van der Waals surface area contributed by atoms with Gasteiger partial charge in [0, 0.05) is 18.3 Å². The van der Waals surface area contributed by atoms with Crippen LogP contribution in [0.25, 0.3) is 0 Å². The van der Waals surface area contributed by atoms with Crippen LogP contribution in [0.4, 0.5) is 0 Å². The van der Waals surface area contributed by atoms with Crippen LogP contribution in [0.3, 0.4) is 0 Å². The Morgan fingerprint density at radius 2 is 1.55 bits per heavy atom. The van der Waals surface area contributed by atoms with E-state index in [-0.39, 0.29) is 17.1 Å². The molecule has 6 rings (SSSR count). The second-order valence-electron chi connectivity index (χ2n) is 13.5. The lowest BCUT2D eigenvalue weighted by atomic mass is 9.41. The van der Waals surface area contributed by atoms with Crippen molar-refractivity contribution >= 4 is 5.78 Å². The van der Waals surface area contributed by atoms with Crippen molar-refractivity contribution in [2.24, 2.45) is 46.3 Å². The van der Waals surface area contributed by atoms with Crippen LogP contribution in [0.15, 0.2) is 24.8 Å². The Labute approximate surface area is 226 Å². The molecule has 4 aliphatic rings. The second-order valence-corrected chi connectivity index (χ2v) is 13.5. The third kappa shape index (κ3) is 3.84. The maximum absolute atomic E-state index is 14.6. The monoisotopic (exact) mass is 512 g/mol. The minimum Gasteiger partial charge on any atom is -0.295 e. The molecule has 8 atom stereocenters. The maximum atomic E-state index is 14.6. The van der Waals surface area contributed by atoms with Crippen molar-refractivity contribution in [3.8, 4) is 12.1 Å². The number of aromatic nitrogens is 4. The van der Waals surface area contributed by atoms with E-state index in [1.807, 2.05) is 0 Å². The molecule has 38 heavy (non-hydrogen) atoms. The minimum atomic E-state index is -0.786. The molecule has 0 spiro atoms. The van der Waals surface area contributed by atoms with Crippen molar-refractivity contribution in [1.29, 1.82) is 10.5 Å². The highest BCUT2D eigenvalue weighted by Gasteiger charge is 2.60. The number of fused-ring (bicyclic) bond motifs is 5. The molecule has 3 unspecified atom stereocenters. The molecule has 2 aromatic rings. The molecule has 2 aromatic heterocycles. The normalized spacial score (nSPS) is 38.4. The zero-order valence-electron chi connectivity index (χ0n) is 23.0. The number of hydrogen-bond donors (Lipinski definition) is 0. The molecule has 7 heteroatoms. The van der Waals surface area contributed by atoms with Gasteiger partial charge in [-0.05, 0) is 91.8 Å². The predicted octanol–water partition coefficient (Wildman–Crippen LogP) is 6.12. The molecule has 2 heterocycles. The lowest BCUT2D eigenvalue weighted by Crippen LogP contribution is -2.57. The van der Waals surface area contributed by atoms with Crippen LogP contribution in [0.5, 0.6) is 0 Å². The highest BCUT2D eigenvalue weighted by atomic mass is 16.1. The summed E-state index contributed by atoms with van der Waals surface area (Å²) in [4.78, 5) is 14.6. The Morgan fingerprint density at radius 3 is 2.18 bits per heavy atom. The van der Waals surface area contributed by atoms with Crippen LogP contribution in [0.1, 0.15) is 102 Å². The molecule has 0 aromatic carbocycles. The largest absolute Gasteiger partial charge is 0.295 e. The highest BCUT2D eigenvalue weighted by molar-refractivity contribution is 5.85. The maximum Gasteiger partial charge on any atom is 0.201 e. The van der Waals surface area contributed by atoms with Gasteiger partial charge in [-0.25, -0.2) is 9.36 Å². The first-order valence-corrected chi connectivity index (χ1v) is 14.7. The van der Waals surface area contributed by atoms with Gasteiger partial charge in [0.2, 0.25) is 6.17 Å². The Kier molecular flexibility index (Phi) is 6.25. The highest BCUT2D eigenvalue weighted by Crippen LogP contribution is 2.67. The van der Waals surface area contributed by atoms with E-state index >= 15 is 0 Å². The van der Waals surface area contributed by atoms with E-state index in [1.165, 1.54) is 57.3 Å². The molecule has 0 aliphatic heterocycles. The Morgan fingerprint density at radius 1 is 0.921 bits per heavy atom. The Hall–Kier alpha value is -2.93. The fraction of sp³-hybridized carbons (Fsp3) is 0.710. The summed E-state index contributed by atoms with van der Waals surface area (Å²) in [6.45, 7) is 7.45. The zero-order chi connectivity index (χ0) is 26.7. The van der Waals surface area contributed by atoms with Crippen LogP contribution in [-0.2, 0) is 4.79 Å². The van der Waals surface area contributed by atoms with E-state index in [2.05, 4.69) is 43.1 Å². The van der Waals surface area contributed by atoms with Gasteiger partial charge in [0.25, 0.3) is 0 Å². The summed E-state index contributed by atoms with van der Waals surface area (Å²) in [6.07, 6.45) is 17.8. The molecule has 7 nitrogen and oxygen atoms in total. The van der Waals surface area contributed by atoms with Crippen LogP contribution in [0.2, 0.25) is 0 Å². The molecule has 4 saturated carbocycles. The van der Waals surface area contributed by atoms with Gasteiger partial charge in [-0.3, -0.25) is 4.79 Å². The smallest absolute Gasteiger partial charge is 0.201 e. The van der Waals surface area contributed by atoms with Gasteiger partial charge in [0.05, 0.1) is 23.5 Å². The van der Waals surface area contributed by atoms with Crippen molar-refractivity contribution in [2.75, 3.05) is 0 Å². The van der Waals surface area contributed by atoms with Crippen LogP contribution < -0.4 is 0 Å². The Bertz CT molecular complexity index is 1240. The second kappa shape index (κ2) is 9.37. The summed E-state index contributed by atoms with van der Waals surface area (Å²) in [6, 6.07) is 4.25. The van der Waals surface area contributed by atoms with Gasteiger partial charge >= 0.3 is 0 Å². The zero-order valence-corrected chi connectivity index (χ0v) is 23.0. The molecular formula is C31H40N6O. The molecule has 4 aliphatic carbocycles. The fourth-order valence-corrected chi connectivity index (χ4v) is 9.76. The summed E-state index contributed by atoms with van der Waals surface area (Å²) in [5, 5.41) is 27.6. The van der Waals surface area contributed by atoms with E-state index in [9.17, 15) is 15.3 Å². The van der Waals surface area contributed by atoms with Gasteiger partial charge in [-0.15, -0.1) is 0 Å². The van der Waals surface area contributed by atoms with Crippen molar-refractivity contribution < 1.29 is 4.79 Å². The van der Waals surface area contributed by atoms with Crippen molar-refractivity contribution in [1.82, 2.24) is 19.6 Å². The summed E-state index contributed by atoms with van der Waals surface area (Å²) >= 11 is 0. The first-order valence-electron chi connectivity index (χ1n) is 14.7. The SMILES string of the molecule is C[C@H]1CC[C@@]2(C)C(CC[C@@H]3C2CC[C@@]2(C)C3CCC[C@@H]2C(=O)C(n2cc(C#N)cn2)n2cc(C#N)cn2)C1. The molecule has 0 radical (unpaired) electrons. The van der Waals surface area contributed by atoms with E-state index in [4.69, 9.17) is 0 Å². The third-order valence-electron chi connectivity index (χ3n) is 11.7. The molecule has 0 N–H and O–H groups in total. The molecule has 200 valence electrons. The lowest BCUT2D eigenvalue weighted by molar-refractivity contribution is -0.159. The van der Waals surface area contributed by atoms with Crippen molar-refractivity contribution in [2.45, 2.75) is 91.1 Å². The average Bonchev–Trinajstić information content (AvgIpc) is 3.58. The van der Waals surface area contributed by atoms with Crippen molar-refractivity contribution in [3.63, 3.8) is 0 Å². The predicted molar refractivity (Wildman–Crippen MR) is 142 cm³/mol. The van der Waals surface area contributed by atoms with Gasteiger partial charge in [0.15, 0.2) is 5.78 Å². The summed E-state index contributed by atoms with van der Waals surface area (Å²) < 4.78 is 3.15.